The summed E-state index contributed by atoms with van der Waals surface area (Å²) in [4.78, 5) is 10.5. The number of rotatable bonds is 8. The maximum Gasteiger partial charge on any atom is 0.295 e. The summed E-state index contributed by atoms with van der Waals surface area (Å²) in [6.45, 7) is 3.85. The van der Waals surface area contributed by atoms with Crippen LogP contribution in [0.1, 0.15) is 26.7 Å². The van der Waals surface area contributed by atoms with Gasteiger partial charge in [0, 0.05) is 16.8 Å². The Balaban J connectivity index is 2.36. The highest BCUT2D eigenvalue weighted by Crippen LogP contribution is 2.29. The number of hydrazone groups is 1. The molecule has 8 nitrogen and oxygen atoms in total. The van der Waals surface area contributed by atoms with Crippen LogP contribution in [0.5, 0.6) is 0 Å². The van der Waals surface area contributed by atoms with Gasteiger partial charge in [-0.1, -0.05) is 31.5 Å². The van der Waals surface area contributed by atoms with Gasteiger partial charge in [-0.3, -0.25) is 20.3 Å². The molecule has 0 aliphatic rings. The van der Waals surface area contributed by atoms with Crippen LogP contribution in [-0.4, -0.2) is 19.1 Å². The number of nitro groups is 1. The van der Waals surface area contributed by atoms with Gasteiger partial charge in [0.05, 0.1) is 15.5 Å². The second-order valence-electron chi connectivity index (χ2n) is 5.55. The van der Waals surface area contributed by atoms with E-state index in [1.54, 1.807) is 12.1 Å². The van der Waals surface area contributed by atoms with Crippen LogP contribution in [-0.2, 0) is 10.0 Å². The fraction of sp³-hybridized carbons (Fsp3) is 0.235. The average Bonchev–Trinajstić information content (AvgIpc) is 2.62. The van der Waals surface area contributed by atoms with Crippen molar-refractivity contribution in [2.45, 2.75) is 31.6 Å². The first kappa shape index (κ1) is 20.7. The number of sulfonamides is 1. The molecule has 2 aromatic carbocycles. The molecule has 0 heterocycles. The van der Waals surface area contributed by atoms with Crippen LogP contribution in [0.4, 0.5) is 17.1 Å². The van der Waals surface area contributed by atoms with Crippen LogP contribution in [0.25, 0.3) is 0 Å². The normalized spacial score (nSPS) is 10.9. The number of halogens is 1. The summed E-state index contributed by atoms with van der Waals surface area (Å²) in [5.41, 5.74) is 3.46. The summed E-state index contributed by atoms with van der Waals surface area (Å²) in [5, 5.41) is 15.9. The zero-order valence-corrected chi connectivity index (χ0v) is 16.3. The minimum absolute atomic E-state index is 0.112. The Kier molecular flexibility index (Phi) is 6.75. The van der Waals surface area contributed by atoms with Crippen molar-refractivity contribution in [3.63, 3.8) is 0 Å². The number of anilines is 2. The number of nitro benzene ring substituents is 1. The molecule has 2 rings (SSSR count). The summed E-state index contributed by atoms with van der Waals surface area (Å²) in [6, 6.07) is 9.74. The molecule has 0 saturated carbocycles. The van der Waals surface area contributed by atoms with E-state index in [2.05, 4.69) is 15.2 Å². The summed E-state index contributed by atoms with van der Waals surface area (Å²) >= 11 is 5.85. The summed E-state index contributed by atoms with van der Waals surface area (Å²) in [6.07, 6.45) is 1.40. The molecule has 2 N–H and O–H groups in total. The van der Waals surface area contributed by atoms with E-state index in [9.17, 15) is 18.5 Å². The van der Waals surface area contributed by atoms with E-state index >= 15 is 0 Å². The van der Waals surface area contributed by atoms with Gasteiger partial charge in [-0.05, 0) is 43.2 Å². The molecule has 0 aliphatic heterocycles. The second kappa shape index (κ2) is 8.83. The van der Waals surface area contributed by atoms with Crippen molar-refractivity contribution < 1.29 is 13.3 Å². The first-order valence-corrected chi connectivity index (χ1v) is 10.0. The maximum atomic E-state index is 12.5. The van der Waals surface area contributed by atoms with E-state index in [1.165, 1.54) is 24.3 Å². The topological polar surface area (TPSA) is 114 Å². The van der Waals surface area contributed by atoms with Crippen molar-refractivity contribution in [3.05, 3.63) is 57.6 Å². The van der Waals surface area contributed by atoms with Crippen LogP contribution in [0, 0.1) is 10.1 Å². The molecule has 0 saturated heterocycles. The summed E-state index contributed by atoms with van der Waals surface area (Å²) in [5.74, 6) is 0. The number of nitrogens with one attached hydrogen (secondary N) is 2. The van der Waals surface area contributed by atoms with Gasteiger partial charge in [0.1, 0.15) is 5.69 Å². The van der Waals surface area contributed by atoms with Crippen molar-refractivity contribution in [1.82, 2.24) is 0 Å². The van der Waals surface area contributed by atoms with Gasteiger partial charge in [-0.25, -0.2) is 8.42 Å². The minimum atomic E-state index is -4.02. The third kappa shape index (κ3) is 5.41. The first-order chi connectivity index (χ1) is 12.8. The van der Waals surface area contributed by atoms with Gasteiger partial charge in [0.25, 0.3) is 15.7 Å². The molecule has 27 heavy (non-hydrogen) atoms. The fourth-order valence-electron chi connectivity index (χ4n) is 2.24. The molecular weight excluding hydrogens is 392 g/mol. The Morgan fingerprint density at radius 2 is 1.89 bits per heavy atom. The number of hydrogen-bond acceptors (Lipinski definition) is 6. The quantitative estimate of drug-likeness (QED) is 0.374. The predicted molar refractivity (Wildman–Crippen MR) is 107 cm³/mol. The van der Waals surface area contributed by atoms with E-state index < -0.39 is 14.9 Å². The lowest BCUT2D eigenvalue weighted by molar-refractivity contribution is -0.384. The monoisotopic (exact) mass is 410 g/mol. The van der Waals surface area contributed by atoms with Crippen LogP contribution < -0.4 is 10.1 Å². The van der Waals surface area contributed by atoms with E-state index in [4.69, 9.17) is 11.6 Å². The van der Waals surface area contributed by atoms with Crippen molar-refractivity contribution >= 4 is 44.4 Å². The Hall–Kier alpha value is -2.65. The van der Waals surface area contributed by atoms with Gasteiger partial charge in [-0.2, -0.15) is 5.10 Å². The van der Waals surface area contributed by atoms with Gasteiger partial charge >= 0.3 is 0 Å². The summed E-state index contributed by atoms with van der Waals surface area (Å²) in [7, 11) is -4.02. The molecule has 2 aromatic rings. The van der Waals surface area contributed by atoms with Gasteiger partial charge in [-0.15, -0.1) is 0 Å². The highest BCUT2D eigenvalue weighted by molar-refractivity contribution is 7.92. The first-order valence-electron chi connectivity index (χ1n) is 8.15. The van der Waals surface area contributed by atoms with Crippen molar-refractivity contribution in [1.29, 1.82) is 0 Å². The van der Waals surface area contributed by atoms with Crippen molar-refractivity contribution in [3.8, 4) is 0 Å². The lowest BCUT2D eigenvalue weighted by Crippen LogP contribution is -2.13. The van der Waals surface area contributed by atoms with Gasteiger partial charge < -0.3 is 0 Å². The highest BCUT2D eigenvalue weighted by Gasteiger charge is 2.21. The Morgan fingerprint density at radius 3 is 2.48 bits per heavy atom. The SMILES string of the molecule is CCC(CC)=NNc1ccc(S(=O)(=O)Nc2cccc(Cl)c2)cc1[N+](=O)[O-]. The molecule has 0 radical (unpaired) electrons. The molecule has 0 aliphatic carbocycles. The standard InChI is InChI=1S/C17H19ClN4O4S/c1-3-13(4-2)19-20-16-9-8-15(11-17(16)22(23)24)27(25,26)21-14-7-5-6-12(18)10-14/h5-11,20-21H,3-4H2,1-2H3. The molecular formula is C17H19ClN4O4S. The lowest BCUT2D eigenvalue weighted by atomic mass is 10.2. The minimum Gasteiger partial charge on any atom is -0.280 e. The van der Waals surface area contributed by atoms with Crippen LogP contribution in [0.2, 0.25) is 5.02 Å². The molecule has 0 atom stereocenters. The Labute approximate surface area is 162 Å². The average molecular weight is 411 g/mol. The summed E-state index contributed by atoms with van der Waals surface area (Å²) < 4.78 is 27.4. The zero-order valence-electron chi connectivity index (χ0n) is 14.8. The largest absolute Gasteiger partial charge is 0.295 e. The van der Waals surface area contributed by atoms with E-state index in [0.29, 0.717) is 17.9 Å². The molecule has 0 unspecified atom stereocenters. The molecule has 10 heteroatoms. The van der Waals surface area contributed by atoms with Gasteiger partial charge in [0.15, 0.2) is 0 Å². The molecule has 144 valence electrons. The predicted octanol–water partition coefficient (Wildman–Crippen LogP) is 4.64. The lowest BCUT2D eigenvalue weighted by Gasteiger charge is -2.10. The fourth-order valence-corrected chi connectivity index (χ4v) is 3.50. The number of nitrogens with zero attached hydrogens (tertiary/aromatic N) is 2. The second-order valence-corrected chi connectivity index (χ2v) is 7.67. The Bertz CT molecular complexity index is 971. The van der Waals surface area contributed by atoms with E-state index in [0.717, 1.165) is 11.8 Å². The Morgan fingerprint density at radius 1 is 1.19 bits per heavy atom. The van der Waals surface area contributed by atoms with E-state index in [1.807, 2.05) is 13.8 Å². The smallest absolute Gasteiger partial charge is 0.280 e. The number of benzene rings is 2. The maximum absolute atomic E-state index is 12.5. The number of hydrogen-bond donors (Lipinski definition) is 2. The van der Waals surface area contributed by atoms with Crippen LogP contribution >= 0.6 is 11.6 Å². The molecule has 0 aromatic heterocycles. The highest BCUT2D eigenvalue weighted by atomic mass is 35.5. The third-order valence-corrected chi connectivity index (χ3v) is 5.32. The molecule has 0 spiro atoms. The van der Waals surface area contributed by atoms with Crippen LogP contribution in [0.3, 0.4) is 0 Å². The molecule has 0 bridgehead atoms. The molecule has 0 amide bonds. The van der Waals surface area contributed by atoms with Crippen LogP contribution in [0.15, 0.2) is 52.5 Å². The van der Waals surface area contributed by atoms with Crippen molar-refractivity contribution in [2.75, 3.05) is 10.1 Å². The van der Waals surface area contributed by atoms with E-state index in [-0.39, 0.29) is 22.0 Å². The van der Waals surface area contributed by atoms with Crippen molar-refractivity contribution in [2.24, 2.45) is 5.10 Å². The zero-order chi connectivity index (χ0) is 20.0. The third-order valence-electron chi connectivity index (χ3n) is 3.70. The molecule has 0 fully saturated rings. The van der Waals surface area contributed by atoms with Gasteiger partial charge in [0.2, 0.25) is 0 Å².